The summed E-state index contributed by atoms with van der Waals surface area (Å²) >= 11 is 0. The Bertz CT molecular complexity index is 143. The van der Waals surface area contributed by atoms with E-state index in [2.05, 4.69) is 27.7 Å². The molecule has 2 nitrogen and oxygen atoms in total. The number of unbranched alkanes of at least 4 members (excludes halogenated alkanes) is 1. The van der Waals surface area contributed by atoms with E-state index < -0.39 is 6.29 Å². The zero-order valence-electron chi connectivity index (χ0n) is 11.0. The summed E-state index contributed by atoms with van der Waals surface area (Å²) in [7, 11) is 0. The first-order valence-electron chi connectivity index (χ1n) is 6.24. The summed E-state index contributed by atoms with van der Waals surface area (Å²) in [5, 5.41) is 9.67. The second kappa shape index (κ2) is 8.12. The van der Waals surface area contributed by atoms with Crippen LogP contribution in [-0.4, -0.2) is 18.0 Å². The number of rotatable bonds is 8. The summed E-state index contributed by atoms with van der Waals surface area (Å²) in [6.07, 6.45) is 2.91. The third-order valence-electron chi connectivity index (χ3n) is 2.97. The van der Waals surface area contributed by atoms with Gasteiger partial charge in [-0.05, 0) is 18.3 Å². The molecule has 0 heterocycles. The minimum Gasteiger partial charge on any atom is -0.368 e. The number of ether oxygens (including phenoxy) is 1. The Morgan fingerprint density at radius 3 is 2.07 bits per heavy atom. The van der Waals surface area contributed by atoms with Crippen molar-refractivity contribution in [2.24, 2.45) is 17.8 Å². The summed E-state index contributed by atoms with van der Waals surface area (Å²) in [5.74, 6) is 1.45. The fourth-order valence-corrected chi connectivity index (χ4v) is 1.34. The summed E-state index contributed by atoms with van der Waals surface area (Å²) in [6, 6.07) is 0. The maximum Gasteiger partial charge on any atom is 0.157 e. The van der Waals surface area contributed by atoms with Crippen molar-refractivity contribution >= 4 is 0 Å². The van der Waals surface area contributed by atoms with Gasteiger partial charge in [-0.15, -0.1) is 0 Å². The first kappa shape index (κ1) is 14.9. The van der Waals surface area contributed by atoms with Crippen LogP contribution in [-0.2, 0) is 4.74 Å². The summed E-state index contributed by atoms with van der Waals surface area (Å²) < 4.78 is 5.40. The Morgan fingerprint density at radius 2 is 1.60 bits per heavy atom. The summed E-state index contributed by atoms with van der Waals surface area (Å²) in [5.41, 5.74) is 0. The minimum atomic E-state index is -0.593. The Labute approximate surface area is 95.0 Å². The van der Waals surface area contributed by atoms with Crippen LogP contribution in [0, 0.1) is 17.8 Å². The van der Waals surface area contributed by atoms with E-state index in [1.165, 1.54) is 12.8 Å². The molecule has 0 bridgehead atoms. The number of aliphatic hydroxyl groups excluding tert-OH is 1. The predicted molar refractivity (Wildman–Crippen MR) is 64.6 cm³/mol. The molecule has 0 saturated carbocycles. The van der Waals surface area contributed by atoms with Gasteiger partial charge in [-0.25, -0.2) is 0 Å². The van der Waals surface area contributed by atoms with Crippen LogP contribution in [0.15, 0.2) is 0 Å². The van der Waals surface area contributed by atoms with Crippen molar-refractivity contribution in [1.82, 2.24) is 0 Å². The van der Waals surface area contributed by atoms with E-state index in [0.717, 1.165) is 12.3 Å². The lowest BCUT2D eigenvalue weighted by molar-refractivity contribution is -0.140. The van der Waals surface area contributed by atoms with Crippen molar-refractivity contribution in [2.75, 3.05) is 6.61 Å². The lowest BCUT2D eigenvalue weighted by atomic mass is 9.98. The van der Waals surface area contributed by atoms with Gasteiger partial charge in [0.25, 0.3) is 0 Å². The van der Waals surface area contributed by atoms with Gasteiger partial charge in [-0.2, -0.15) is 0 Å². The molecular weight excluding hydrogens is 188 g/mol. The van der Waals surface area contributed by atoms with Gasteiger partial charge in [0.05, 0.1) is 0 Å². The molecule has 0 fully saturated rings. The van der Waals surface area contributed by atoms with Crippen molar-refractivity contribution in [3.05, 3.63) is 0 Å². The molecule has 0 aliphatic heterocycles. The summed E-state index contributed by atoms with van der Waals surface area (Å²) in [4.78, 5) is 0. The lowest BCUT2D eigenvalue weighted by Gasteiger charge is -2.22. The molecule has 0 saturated heterocycles. The van der Waals surface area contributed by atoms with Crippen molar-refractivity contribution in [1.29, 1.82) is 0 Å². The molecule has 0 aliphatic carbocycles. The fraction of sp³-hybridized carbons (Fsp3) is 1.00. The van der Waals surface area contributed by atoms with Crippen LogP contribution in [0.3, 0.4) is 0 Å². The molecular formula is C13H28O2. The average molecular weight is 216 g/mol. The topological polar surface area (TPSA) is 29.5 Å². The zero-order chi connectivity index (χ0) is 11.8. The summed E-state index contributed by atoms with van der Waals surface area (Å²) in [6.45, 7) is 11.4. The van der Waals surface area contributed by atoms with Crippen molar-refractivity contribution < 1.29 is 9.84 Å². The van der Waals surface area contributed by atoms with Gasteiger partial charge in [-0.1, -0.05) is 47.5 Å². The Kier molecular flexibility index (Phi) is 8.07. The van der Waals surface area contributed by atoms with Crippen LogP contribution in [0.4, 0.5) is 0 Å². The van der Waals surface area contributed by atoms with Gasteiger partial charge in [0.1, 0.15) is 0 Å². The molecule has 0 radical (unpaired) electrons. The highest BCUT2D eigenvalue weighted by atomic mass is 16.6. The van der Waals surface area contributed by atoms with E-state index in [-0.39, 0.29) is 5.92 Å². The molecule has 1 N–H and O–H groups in total. The van der Waals surface area contributed by atoms with E-state index in [9.17, 15) is 5.11 Å². The van der Waals surface area contributed by atoms with Crippen LogP contribution in [0.5, 0.6) is 0 Å². The maximum atomic E-state index is 9.67. The maximum absolute atomic E-state index is 9.67. The van der Waals surface area contributed by atoms with Gasteiger partial charge in [-0.3, -0.25) is 0 Å². The second-order valence-electron chi connectivity index (χ2n) is 5.25. The van der Waals surface area contributed by atoms with E-state index in [4.69, 9.17) is 4.74 Å². The number of aliphatic hydroxyl groups is 1. The van der Waals surface area contributed by atoms with Gasteiger partial charge in [0, 0.05) is 12.5 Å². The van der Waals surface area contributed by atoms with Gasteiger partial charge >= 0.3 is 0 Å². The van der Waals surface area contributed by atoms with Gasteiger partial charge in [0.15, 0.2) is 6.29 Å². The molecule has 0 aromatic carbocycles. The highest BCUT2D eigenvalue weighted by Gasteiger charge is 2.17. The van der Waals surface area contributed by atoms with Crippen LogP contribution >= 0.6 is 0 Å². The monoisotopic (exact) mass is 216 g/mol. The smallest absolute Gasteiger partial charge is 0.157 e. The third kappa shape index (κ3) is 7.80. The number of hydrogen-bond donors (Lipinski definition) is 1. The molecule has 15 heavy (non-hydrogen) atoms. The standard InChI is InChI=1S/C13H28O2/c1-10(2)8-6-7-9-15-13(14)12(5)11(3)4/h10-14H,6-9H2,1-5H3. The molecule has 2 atom stereocenters. The zero-order valence-corrected chi connectivity index (χ0v) is 11.0. The Hall–Kier alpha value is -0.0800. The Morgan fingerprint density at radius 1 is 1.00 bits per heavy atom. The predicted octanol–water partition coefficient (Wildman–Crippen LogP) is 3.44. The minimum absolute atomic E-state index is 0.218. The van der Waals surface area contributed by atoms with Crippen LogP contribution in [0.2, 0.25) is 0 Å². The molecule has 0 aliphatic rings. The highest BCUT2D eigenvalue weighted by Crippen LogP contribution is 2.16. The molecule has 0 amide bonds. The van der Waals surface area contributed by atoms with E-state index >= 15 is 0 Å². The van der Waals surface area contributed by atoms with Crippen LogP contribution < -0.4 is 0 Å². The van der Waals surface area contributed by atoms with Gasteiger partial charge in [0.2, 0.25) is 0 Å². The van der Waals surface area contributed by atoms with Crippen LogP contribution in [0.25, 0.3) is 0 Å². The quantitative estimate of drug-likeness (QED) is 0.497. The largest absolute Gasteiger partial charge is 0.368 e. The molecule has 0 aromatic heterocycles. The first-order chi connectivity index (χ1) is 6.95. The molecule has 2 unspecified atom stereocenters. The molecule has 0 spiro atoms. The second-order valence-corrected chi connectivity index (χ2v) is 5.25. The molecule has 0 rings (SSSR count). The fourth-order valence-electron chi connectivity index (χ4n) is 1.34. The first-order valence-corrected chi connectivity index (χ1v) is 6.24. The van der Waals surface area contributed by atoms with Crippen LogP contribution in [0.1, 0.15) is 53.9 Å². The third-order valence-corrected chi connectivity index (χ3v) is 2.97. The highest BCUT2D eigenvalue weighted by molar-refractivity contribution is 4.59. The average Bonchev–Trinajstić information content (AvgIpc) is 2.15. The lowest BCUT2D eigenvalue weighted by Crippen LogP contribution is -2.25. The SMILES string of the molecule is CC(C)CCCCOC(O)C(C)C(C)C. The van der Waals surface area contributed by atoms with Gasteiger partial charge < -0.3 is 9.84 Å². The Balaban J connectivity index is 3.42. The van der Waals surface area contributed by atoms with E-state index in [1.54, 1.807) is 0 Å². The normalized spacial score (nSPS) is 16.0. The molecule has 0 aromatic rings. The van der Waals surface area contributed by atoms with E-state index in [1.807, 2.05) is 6.92 Å². The van der Waals surface area contributed by atoms with Crippen molar-refractivity contribution in [2.45, 2.75) is 60.2 Å². The van der Waals surface area contributed by atoms with Crippen molar-refractivity contribution in [3.8, 4) is 0 Å². The number of hydrogen-bond acceptors (Lipinski definition) is 2. The van der Waals surface area contributed by atoms with Crippen molar-refractivity contribution in [3.63, 3.8) is 0 Å². The molecule has 2 heteroatoms. The van der Waals surface area contributed by atoms with E-state index in [0.29, 0.717) is 12.5 Å². The molecule has 92 valence electrons.